The summed E-state index contributed by atoms with van der Waals surface area (Å²) in [7, 11) is 0. The number of anilines is 1. The average molecular weight is 403 g/mol. The third-order valence-electron chi connectivity index (χ3n) is 6.33. The van der Waals surface area contributed by atoms with Crippen LogP contribution in [0.3, 0.4) is 0 Å². The molecule has 3 atom stereocenters. The van der Waals surface area contributed by atoms with Gasteiger partial charge in [-0.1, -0.05) is 23.7 Å². The molecular formula is C21H24ClFN4O. The van der Waals surface area contributed by atoms with Crippen LogP contribution >= 0.6 is 11.6 Å². The summed E-state index contributed by atoms with van der Waals surface area (Å²) in [6, 6.07) is 8.95. The molecule has 3 heterocycles. The molecule has 1 aliphatic carbocycles. The Bertz CT molecular complexity index is 831. The number of hydrogen-bond acceptors (Lipinski definition) is 5. The largest absolute Gasteiger partial charge is 0.381 e. The second-order valence-corrected chi connectivity index (χ2v) is 8.56. The number of nitrogens with zero attached hydrogens (tertiary/aromatic N) is 3. The summed E-state index contributed by atoms with van der Waals surface area (Å²) < 4.78 is 19.1. The van der Waals surface area contributed by atoms with Crippen LogP contribution in [0.25, 0.3) is 11.3 Å². The smallest absolute Gasteiger partial charge is 0.148 e. The molecule has 5 nitrogen and oxygen atoms in total. The van der Waals surface area contributed by atoms with Crippen LogP contribution in [0, 0.1) is 23.6 Å². The Morgan fingerprint density at radius 3 is 2.61 bits per heavy atom. The molecule has 0 bridgehead atoms. The van der Waals surface area contributed by atoms with Crippen LogP contribution in [0.5, 0.6) is 0 Å². The van der Waals surface area contributed by atoms with Crippen LogP contribution in [-0.2, 0) is 4.74 Å². The fourth-order valence-electron chi connectivity index (χ4n) is 4.70. The molecule has 148 valence electrons. The zero-order valence-electron chi connectivity index (χ0n) is 15.7. The molecule has 0 spiro atoms. The van der Waals surface area contributed by atoms with Gasteiger partial charge in [0, 0.05) is 44.5 Å². The van der Waals surface area contributed by atoms with E-state index in [9.17, 15) is 4.39 Å². The van der Waals surface area contributed by atoms with E-state index in [0.717, 1.165) is 24.9 Å². The number of halogens is 2. The third-order valence-corrected chi connectivity index (χ3v) is 6.72. The van der Waals surface area contributed by atoms with Crippen molar-refractivity contribution < 1.29 is 9.13 Å². The second-order valence-electron chi connectivity index (χ2n) is 8.18. The van der Waals surface area contributed by atoms with Gasteiger partial charge in [-0.05, 0) is 48.8 Å². The zero-order valence-corrected chi connectivity index (χ0v) is 16.4. The molecule has 0 radical (unpaired) electrons. The fraction of sp³-hybridized carbons (Fsp3) is 0.524. The monoisotopic (exact) mass is 402 g/mol. The van der Waals surface area contributed by atoms with Gasteiger partial charge in [0.2, 0.25) is 0 Å². The van der Waals surface area contributed by atoms with Crippen LogP contribution in [0.15, 0.2) is 30.3 Å². The van der Waals surface area contributed by atoms with Gasteiger partial charge in [-0.15, -0.1) is 10.2 Å². The molecule has 2 aliphatic heterocycles. The molecular weight excluding hydrogens is 379 g/mol. The minimum absolute atomic E-state index is 0.0823. The Kier molecular flexibility index (Phi) is 4.95. The predicted molar refractivity (Wildman–Crippen MR) is 107 cm³/mol. The van der Waals surface area contributed by atoms with E-state index in [0.29, 0.717) is 29.1 Å². The molecule has 7 heteroatoms. The maximum Gasteiger partial charge on any atom is 0.148 e. The molecule has 1 saturated carbocycles. The van der Waals surface area contributed by atoms with Crippen LogP contribution in [-0.4, -0.2) is 54.0 Å². The SMILES string of the molecule is Fc1cccc(-c2ccc(NC3[C@H]4CN(CC5CCOCC5)C[C@@H]34)nn2)c1Cl. The summed E-state index contributed by atoms with van der Waals surface area (Å²) >= 11 is 6.04. The highest BCUT2D eigenvalue weighted by Crippen LogP contribution is 2.47. The lowest BCUT2D eigenvalue weighted by atomic mass is 10.00. The summed E-state index contributed by atoms with van der Waals surface area (Å²) in [4.78, 5) is 2.62. The van der Waals surface area contributed by atoms with E-state index in [1.807, 2.05) is 12.1 Å². The van der Waals surface area contributed by atoms with Crippen LogP contribution in [0.2, 0.25) is 5.02 Å². The number of aromatic nitrogens is 2. The van der Waals surface area contributed by atoms with Crippen molar-refractivity contribution in [2.24, 2.45) is 17.8 Å². The molecule has 1 aromatic heterocycles. The summed E-state index contributed by atoms with van der Waals surface area (Å²) in [5.74, 6) is 2.54. The lowest BCUT2D eigenvalue weighted by molar-refractivity contribution is 0.0540. The molecule has 1 aromatic carbocycles. The van der Waals surface area contributed by atoms with Gasteiger partial charge < -0.3 is 15.0 Å². The van der Waals surface area contributed by atoms with Gasteiger partial charge in [-0.3, -0.25) is 0 Å². The Morgan fingerprint density at radius 2 is 1.89 bits per heavy atom. The van der Waals surface area contributed by atoms with Crippen molar-refractivity contribution in [3.63, 3.8) is 0 Å². The van der Waals surface area contributed by atoms with Gasteiger partial charge >= 0.3 is 0 Å². The number of nitrogens with one attached hydrogen (secondary N) is 1. The van der Waals surface area contributed by atoms with Gasteiger partial charge in [-0.2, -0.15) is 0 Å². The maximum atomic E-state index is 13.6. The van der Waals surface area contributed by atoms with Crippen LogP contribution in [0.1, 0.15) is 12.8 Å². The highest BCUT2D eigenvalue weighted by molar-refractivity contribution is 6.33. The van der Waals surface area contributed by atoms with Gasteiger partial charge in [0.1, 0.15) is 11.6 Å². The van der Waals surface area contributed by atoms with Gasteiger partial charge in [0.05, 0.1) is 10.7 Å². The van der Waals surface area contributed by atoms with E-state index in [1.165, 1.54) is 38.5 Å². The summed E-state index contributed by atoms with van der Waals surface area (Å²) in [5, 5.41) is 12.1. The zero-order chi connectivity index (χ0) is 19.1. The first-order valence-electron chi connectivity index (χ1n) is 10.0. The lowest BCUT2D eigenvalue weighted by Gasteiger charge is -2.28. The minimum Gasteiger partial charge on any atom is -0.381 e. The Balaban J connectivity index is 1.15. The fourth-order valence-corrected chi connectivity index (χ4v) is 4.92. The molecule has 28 heavy (non-hydrogen) atoms. The van der Waals surface area contributed by atoms with E-state index in [-0.39, 0.29) is 5.02 Å². The summed E-state index contributed by atoms with van der Waals surface area (Å²) in [5.41, 5.74) is 1.14. The number of fused-ring (bicyclic) bond motifs is 1. The molecule has 5 rings (SSSR count). The van der Waals surface area contributed by atoms with Crippen molar-refractivity contribution in [2.45, 2.75) is 18.9 Å². The number of hydrogen-bond donors (Lipinski definition) is 1. The maximum absolute atomic E-state index is 13.6. The van der Waals surface area contributed by atoms with E-state index in [1.54, 1.807) is 12.1 Å². The van der Waals surface area contributed by atoms with E-state index >= 15 is 0 Å². The van der Waals surface area contributed by atoms with Crippen molar-refractivity contribution >= 4 is 17.4 Å². The molecule has 3 fully saturated rings. The van der Waals surface area contributed by atoms with Crippen LogP contribution in [0.4, 0.5) is 10.2 Å². The van der Waals surface area contributed by atoms with Crippen molar-refractivity contribution in [2.75, 3.05) is 38.2 Å². The number of piperidine rings is 1. The topological polar surface area (TPSA) is 50.3 Å². The van der Waals surface area contributed by atoms with Gasteiger partial charge in [0.25, 0.3) is 0 Å². The second kappa shape index (κ2) is 7.58. The summed E-state index contributed by atoms with van der Waals surface area (Å²) in [6.45, 7) is 5.40. The first-order chi connectivity index (χ1) is 13.7. The van der Waals surface area contributed by atoms with E-state index < -0.39 is 5.82 Å². The molecule has 1 unspecified atom stereocenters. The standard InChI is InChI=1S/C21H24ClFN4O/c22-20-14(2-1-3-17(20)23)18-4-5-19(26-25-18)24-21-15-11-27(12-16(15)21)10-13-6-8-28-9-7-13/h1-5,13,15-16,21H,6-12H2,(H,24,26)/t15-,16+,21?. The Morgan fingerprint density at radius 1 is 1.11 bits per heavy atom. The molecule has 0 amide bonds. The number of rotatable bonds is 5. The average Bonchev–Trinajstić information content (AvgIpc) is 3.15. The first-order valence-corrected chi connectivity index (χ1v) is 10.4. The van der Waals surface area contributed by atoms with Gasteiger partial charge in [0.15, 0.2) is 0 Å². The van der Waals surface area contributed by atoms with Crippen LogP contribution < -0.4 is 5.32 Å². The van der Waals surface area contributed by atoms with E-state index in [2.05, 4.69) is 20.4 Å². The Labute approximate surface area is 169 Å². The minimum atomic E-state index is -0.445. The number of ether oxygens (including phenoxy) is 1. The Hall–Kier alpha value is -1.76. The molecule has 2 aromatic rings. The lowest BCUT2D eigenvalue weighted by Crippen LogP contribution is -2.34. The quantitative estimate of drug-likeness (QED) is 0.826. The van der Waals surface area contributed by atoms with Crippen molar-refractivity contribution in [1.29, 1.82) is 0 Å². The molecule has 2 saturated heterocycles. The van der Waals surface area contributed by atoms with Gasteiger partial charge in [-0.25, -0.2) is 4.39 Å². The molecule has 1 N–H and O–H groups in total. The molecule has 3 aliphatic rings. The highest BCUT2D eigenvalue weighted by atomic mass is 35.5. The number of likely N-dealkylation sites (tertiary alicyclic amines) is 1. The van der Waals surface area contributed by atoms with Crippen molar-refractivity contribution in [3.05, 3.63) is 41.2 Å². The first kappa shape index (κ1) is 18.3. The highest BCUT2D eigenvalue weighted by Gasteiger charge is 2.55. The normalized spacial score (nSPS) is 27.6. The van der Waals surface area contributed by atoms with Crippen molar-refractivity contribution in [1.82, 2.24) is 15.1 Å². The van der Waals surface area contributed by atoms with Crippen molar-refractivity contribution in [3.8, 4) is 11.3 Å². The van der Waals surface area contributed by atoms with E-state index in [4.69, 9.17) is 16.3 Å². The third kappa shape index (κ3) is 3.61. The predicted octanol–water partition coefficient (Wildman–Crippen LogP) is 3.70. The summed E-state index contributed by atoms with van der Waals surface area (Å²) in [6.07, 6.45) is 2.40. The number of benzene rings is 1.